The smallest absolute Gasteiger partial charge is 0.308 e. The zero-order valence-electron chi connectivity index (χ0n) is 16.1. The number of benzene rings is 1. The first-order valence-electron chi connectivity index (χ1n) is 9.25. The molecule has 0 saturated carbocycles. The predicted molar refractivity (Wildman–Crippen MR) is 103 cm³/mol. The van der Waals surface area contributed by atoms with Gasteiger partial charge in [-0.3, -0.25) is 19.2 Å². The molecular formula is C19H26N4O5. The van der Waals surface area contributed by atoms with E-state index in [0.29, 0.717) is 30.8 Å². The molecule has 1 aromatic rings. The van der Waals surface area contributed by atoms with Crippen LogP contribution in [0.15, 0.2) is 24.3 Å². The molecule has 0 bridgehead atoms. The fraction of sp³-hybridized carbons (Fsp3) is 0.474. The van der Waals surface area contributed by atoms with Gasteiger partial charge in [-0.2, -0.15) is 0 Å². The van der Waals surface area contributed by atoms with Crippen LogP contribution in [0, 0.1) is 0 Å². The largest absolute Gasteiger partial charge is 0.466 e. The molecule has 1 heterocycles. The second-order valence-electron chi connectivity index (χ2n) is 6.33. The summed E-state index contributed by atoms with van der Waals surface area (Å²) in [4.78, 5) is 49.8. The minimum atomic E-state index is -0.885. The molecular weight excluding hydrogens is 364 g/mol. The molecule has 1 unspecified atom stereocenters. The number of carbonyl (C=O) groups excluding carboxylic acids is 4. The highest BCUT2D eigenvalue weighted by Crippen LogP contribution is 2.13. The Morgan fingerprint density at radius 1 is 1.32 bits per heavy atom. The van der Waals surface area contributed by atoms with Crippen LogP contribution in [0.25, 0.3) is 0 Å². The Balaban J connectivity index is 1.99. The summed E-state index contributed by atoms with van der Waals surface area (Å²) in [7, 11) is 1.54. The summed E-state index contributed by atoms with van der Waals surface area (Å²) in [5.41, 5.74) is 1.07. The lowest BCUT2D eigenvalue weighted by molar-refractivity contribution is -0.151. The van der Waals surface area contributed by atoms with Crippen LogP contribution in [0.1, 0.15) is 30.1 Å². The Morgan fingerprint density at radius 2 is 2.11 bits per heavy atom. The third-order valence-electron chi connectivity index (χ3n) is 4.27. The molecule has 0 aliphatic carbocycles. The van der Waals surface area contributed by atoms with Gasteiger partial charge in [0.2, 0.25) is 11.8 Å². The van der Waals surface area contributed by atoms with Gasteiger partial charge in [-0.05, 0) is 24.6 Å². The molecule has 1 saturated heterocycles. The van der Waals surface area contributed by atoms with Crippen LogP contribution in [-0.2, 0) is 19.1 Å². The number of piperazine rings is 1. The molecule has 1 fully saturated rings. The summed E-state index contributed by atoms with van der Waals surface area (Å²) in [5, 5.41) is 8.18. The van der Waals surface area contributed by atoms with Crippen LogP contribution < -0.4 is 16.0 Å². The zero-order chi connectivity index (χ0) is 20.5. The number of hydrogen-bond acceptors (Lipinski definition) is 6. The second-order valence-corrected chi connectivity index (χ2v) is 6.33. The van der Waals surface area contributed by atoms with Gasteiger partial charge in [-0.25, -0.2) is 0 Å². The van der Waals surface area contributed by atoms with Crippen LogP contribution in [0.3, 0.4) is 0 Å². The molecule has 3 amide bonds. The van der Waals surface area contributed by atoms with Crippen molar-refractivity contribution >= 4 is 29.4 Å². The van der Waals surface area contributed by atoms with Crippen molar-refractivity contribution in [3.05, 3.63) is 29.8 Å². The van der Waals surface area contributed by atoms with Gasteiger partial charge in [0.15, 0.2) is 0 Å². The van der Waals surface area contributed by atoms with Crippen LogP contribution in [0.2, 0.25) is 0 Å². The summed E-state index contributed by atoms with van der Waals surface area (Å²) in [6.45, 7) is 2.74. The van der Waals surface area contributed by atoms with Crippen LogP contribution in [-0.4, -0.2) is 67.9 Å². The number of ether oxygens (including phenoxy) is 1. The second kappa shape index (κ2) is 10.3. The number of amides is 3. The predicted octanol–water partition coefficient (Wildman–Crippen LogP) is 0.128. The molecule has 1 atom stereocenters. The van der Waals surface area contributed by atoms with E-state index in [9.17, 15) is 19.2 Å². The maximum atomic E-state index is 12.6. The fourth-order valence-electron chi connectivity index (χ4n) is 2.84. The molecule has 28 heavy (non-hydrogen) atoms. The molecule has 152 valence electrons. The molecule has 1 aliphatic rings. The normalized spacial score (nSPS) is 16.1. The molecule has 2 rings (SSSR count). The number of nitrogens with one attached hydrogen (secondary N) is 3. The first kappa shape index (κ1) is 21.2. The Labute approximate surface area is 163 Å². The van der Waals surface area contributed by atoms with E-state index in [0.717, 1.165) is 0 Å². The minimum Gasteiger partial charge on any atom is -0.466 e. The average Bonchev–Trinajstić information content (AvgIpc) is 2.71. The maximum Gasteiger partial charge on any atom is 0.308 e. The van der Waals surface area contributed by atoms with Crippen molar-refractivity contribution in [1.82, 2.24) is 15.5 Å². The van der Waals surface area contributed by atoms with E-state index in [2.05, 4.69) is 16.0 Å². The van der Waals surface area contributed by atoms with Gasteiger partial charge in [0.05, 0.1) is 19.6 Å². The van der Waals surface area contributed by atoms with Gasteiger partial charge in [-0.1, -0.05) is 13.0 Å². The fourth-order valence-corrected chi connectivity index (χ4v) is 2.84. The molecule has 1 aliphatic heterocycles. The zero-order valence-corrected chi connectivity index (χ0v) is 16.1. The van der Waals surface area contributed by atoms with E-state index in [1.807, 2.05) is 6.92 Å². The lowest BCUT2D eigenvalue weighted by atomic mass is 10.1. The molecule has 0 radical (unpaired) electrons. The Bertz CT molecular complexity index is 737. The SMILES string of the molecule is CCCOC(=O)CC1C(=O)NCCN1C(=O)CNc1cccc(C(=O)NC)c1. The topological polar surface area (TPSA) is 117 Å². The highest BCUT2D eigenvalue weighted by atomic mass is 16.5. The number of nitrogens with zero attached hydrogens (tertiary/aromatic N) is 1. The Hall–Kier alpha value is -3.10. The van der Waals surface area contributed by atoms with Crippen molar-refractivity contribution in [1.29, 1.82) is 0 Å². The number of hydrogen-bond donors (Lipinski definition) is 3. The van der Waals surface area contributed by atoms with Gasteiger partial charge in [0.1, 0.15) is 6.04 Å². The summed E-state index contributed by atoms with van der Waals surface area (Å²) < 4.78 is 5.04. The summed E-state index contributed by atoms with van der Waals surface area (Å²) in [6.07, 6.45) is 0.508. The first-order chi connectivity index (χ1) is 13.5. The van der Waals surface area contributed by atoms with Crippen molar-refractivity contribution in [2.75, 3.05) is 38.6 Å². The van der Waals surface area contributed by atoms with E-state index in [-0.39, 0.29) is 37.3 Å². The van der Waals surface area contributed by atoms with Crippen LogP contribution in [0.4, 0.5) is 5.69 Å². The van der Waals surface area contributed by atoms with Gasteiger partial charge in [0, 0.05) is 31.4 Å². The summed E-state index contributed by atoms with van der Waals surface area (Å²) in [6, 6.07) is 5.86. The number of anilines is 1. The van der Waals surface area contributed by atoms with Gasteiger partial charge in [0.25, 0.3) is 5.91 Å². The lowest BCUT2D eigenvalue weighted by Crippen LogP contribution is -2.58. The third kappa shape index (κ3) is 5.70. The average molecular weight is 390 g/mol. The van der Waals surface area contributed by atoms with Crippen molar-refractivity contribution in [3.8, 4) is 0 Å². The standard InChI is InChI=1S/C19H26N4O5/c1-3-9-28-17(25)11-15-19(27)21-7-8-23(15)16(24)12-22-14-6-4-5-13(10-14)18(26)20-2/h4-6,10,15,22H,3,7-9,11-12H2,1-2H3,(H,20,26)(H,21,27). The monoisotopic (exact) mass is 390 g/mol. The highest BCUT2D eigenvalue weighted by molar-refractivity contribution is 5.95. The van der Waals surface area contributed by atoms with Crippen molar-refractivity contribution < 1.29 is 23.9 Å². The summed E-state index contributed by atoms with van der Waals surface area (Å²) in [5.74, 6) is -1.41. The molecule has 3 N–H and O–H groups in total. The molecule has 9 nitrogen and oxygen atoms in total. The van der Waals surface area contributed by atoms with Gasteiger partial charge >= 0.3 is 5.97 Å². The molecule has 0 aromatic heterocycles. The summed E-state index contributed by atoms with van der Waals surface area (Å²) >= 11 is 0. The van der Waals surface area contributed by atoms with Crippen LogP contribution in [0.5, 0.6) is 0 Å². The first-order valence-corrected chi connectivity index (χ1v) is 9.25. The number of rotatable bonds is 8. The quantitative estimate of drug-likeness (QED) is 0.543. The molecule has 1 aromatic carbocycles. The maximum absolute atomic E-state index is 12.6. The van der Waals surface area contributed by atoms with Gasteiger partial charge < -0.3 is 25.6 Å². The molecule has 0 spiro atoms. The Kier molecular flexibility index (Phi) is 7.79. The van der Waals surface area contributed by atoms with Crippen molar-refractivity contribution in [2.45, 2.75) is 25.8 Å². The van der Waals surface area contributed by atoms with E-state index in [1.54, 1.807) is 31.3 Å². The Morgan fingerprint density at radius 3 is 2.82 bits per heavy atom. The lowest BCUT2D eigenvalue weighted by Gasteiger charge is -2.34. The van der Waals surface area contributed by atoms with Crippen molar-refractivity contribution in [3.63, 3.8) is 0 Å². The number of carbonyl (C=O) groups is 4. The third-order valence-corrected chi connectivity index (χ3v) is 4.27. The van der Waals surface area contributed by atoms with E-state index >= 15 is 0 Å². The number of esters is 1. The van der Waals surface area contributed by atoms with Crippen molar-refractivity contribution in [2.24, 2.45) is 0 Å². The van der Waals surface area contributed by atoms with Crippen LogP contribution >= 0.6 is 0 Å². The van der Waals surface area contributed by atoms with Gasteiger partial charge in [-0.15, -0.1) is 0 Å². The van der Waals surface area contributed by atoms with E-state index < -0.39 is 12.0 Å². The minimum absolute atomic E-state index is 0.0645. The molecule has 9 heteroatoms. The highest BCUT2D eigenvalue weighted by Gasteiger charge is 2.34. The van der Waals surface area contributed by atoms with E-state index in [4.69, 9.17) is 4.74 Å². The van der Waals surface area contributed by atoms with E-state index in [1.165, 1.54) is 4.90 Å².